The highest BCUT2D eigenvalue weighted by Crippen LogP contribution is 2.33. The van der Waals surface area contributed by atoms with E-state index < -0.39 is 30.0 Å². The second-order valence-electron chi connectivity index (χ2n) is 7.74. The number of fused-ring (bicyclic) bond motifs is 1. The van der Waals surface area contributed by atoms with Crippen molar-refractivity contribution >= 4 is 59.4 Å². The Kier molecular flexibility index (Phi) is 6.65. The highest BCUT2D eigenvalue weighted by atomic mass is 32.2. The number of nitrogens with zero attached hydrogens (tertiary/aromatic N) is 4. The molecular weight excluding hydrogens is 506 g/mol. The van der Waals surface area contributed by atoms with Gasteiger partial charge < -0.3 is 5.73 Å². The molecule has 0 heterocycles. The fraction of sp³-hybridized carbons (Fsp3) is 0.0435. The topological polar surface area (TPSA) is 184 Å². The maximum absolute atomic E-state index is 11.9. The third kappa shape index (κ3) is 5.78. The molecule has 0 aliphatic carbocycles. The van der Waals surface area contributed by atoms with Gasteiger partial charge in [0.2, 0.25) is 0 Å². The van der Waals surface area contributed by atoms with Gasteiger partial charge in [-0.3, -0.25) is 9.11 Å². The number of azo groups is 2. The van der Waals surface area contributed by atoms with E-state index in [0.717, 1.165) is 6.07 Å². The van der Waals surface area contributed by atoms with Gasteiger partial charge in [-0.25, -0.2) is 0 Å². The molecule has 36 heavy (non-hydrogen) atoms. The third-order valence-electron chi connectivity index (χ3n) is 5.08. The smallest absolute Gasteiger partial charge is 0.295 e. The zero-order valence-electron chi connectivity index (χ0n) is 18.6. The van der Waals surface area contributed by atoms with Gasteiger partial charge in [-0.2, -0.15) is 37.3 Å². The summed E-state index contributed by atoms with van der Waals surface area (Å²) in [6, 6.07) is 18.3. The Labute approximate surface area is 206 Å². The summed E-state index contributed by atoms with van der Waals surface area (Å²) < 4.78 is 66.0. The number of hydrogen-bond donors (Lipinski definition) is 3. The Balaban J connectivity index is 1.64. The lowest BCUT2D eigenvalue weighted by Crippen LogP contribution is -2.04. The van der Waals surface area contributed by atoms with Gasteiger partial charge in [0.05, 0.1) is 27.6 Å². The number of hydrogen-bond acceptors (Lipinski definition) is 9. The first-order valence-electron chi connectivity index (χ1n) is 10.2. The molecule has 13 heteroatoms. The number of nitrogens with two attached hydrogens (primary N) is 1. The van der Waals surface area contributed by atoms with Gasteiger partial charge in [-0.05, 0) is 90.7 Å². The molecule has 0 radical (unpaired) electrons. The number of nitrogen functional groups attached to an aromatic ring is 1. The number of benzene rings is 4. The summed E-state index contributed by atoms with van der Waals surface area (Å²) in [5, 5.41) is 16.7. The van der Waals surface area contributed by atoms with Crippen LogP contribution < -0.4 is 5.73 Å². The van der Waals surface area contributed by atoms with Crippen molar-refractivity contribution in [3.63, 3.8) is 0 Å². The molecule has 0 bridgehead atoms. The first kappa shape index (κ1) is 25.1. The van der Waals surface area contributed by atoms with Crippen molar-refractivity contribution in [2.45, 2.75) is 16.7 Å². The molecular formula is C23H19N5O6S2. The summed E-state index contributed by atoms with van der Waals surface area (Å²) in [5.41, 5.74) is 8.70. The lowest BCUT2D eigenvalue weighted by atomic mass is 10.0. The quantitative estimate of drug-likeness (QED) is 0.155. The highest BCUT2D eigenvalue weighted by molar-refractivity contribution is 7.86. The predicted molar refractivity (Wildman–Crippen MR) is 134 cm³/mol. The van der Waals surface area contributed by atoms with Gasteiger partial charge in [0.25, 0.3) is 20.2 Å². The van der Waals surface area contributed by atoms with Crippen molar-refractivity contribution in [3.8, 4) is 0 Å². The fourth-order valence-corrected chi connectivity index (χ4v) is 4.67. The monoisotopic (exact) mass is 525 g/mol. The van der Waals surface area contributed by atoms with E-state index in [2.05, 4.69) is 20.5 Å². The van der Waals surface area contributed by atoms with Crippen LogP contribution in [-0.2, 0) is 20.2 Å². The second-order valence-corrected chi connectivity index (χ2v) is 10.5. The SMILES string of the molecule is Cc1cc(N=Nc2ccc(N=Nc3ccc(N)cc3)cc2)cc2c(S(=O)(=O)O)cc(S(=O)(=O)O)cc12. The molecule has 4 aromatic carbocycles. The van der Waals surface area contributed by atoms with Crippen LogP contribution in [-0.4, -0.2) is 25.9 Å². The van der Waals surface area contributed by atoms with Crippen LogP contribution in [0.5, 0.6) is 0 Å². The number of anilines is 1. The molecule has 11 nitrogen and oxygen atoms in total. The first-order chi connectivity index (χ1) is 16.9. The summed E-state index contributed by atoms with van der Waals surface area (Å²) in [5.74, 6) is 0. The standard InChI is InChI=1S/C23H19N5O6S2/c1-14-10-19(11-22-21(14)12-20(35(29,30)31)13-23(22)36(32,33)34)28-27-18-8-6-17(7-9-18)26-25-16-4-2-15(24)3-5-16/h2-13H,24H2,1H3,(H,29,30,31)(H,32,33,34). The molecule has 0 unspecified atom stereocenters. The third-order valence-corrected chi connectivity index (χ3v) is 6.80. The van der Waals surface area contributed by atoms with E-state index in [1.54, 1.807) is 61.5 Å². The molecule has 0 saturated carbocycles. The largest absolute Gasteiger partial charge is 0.399 e. The van der Waals surface area contributed by atoms with E-state index in [9.17, 15) is 25.9 Å². The molecule has 0 aromatic heterocycles. The molecule has 0 amide bonds. The van der Waals surface area contributed by atoms with Crippen molar-refractivity contribution in [1.82, 2.24) is 0 Å². The van der Waals surface area contributed by atoms with Gasteiger partial charge in [0.15, 0.2) is 0 Å². The Hall–Kier alpha value is -4.04. The molecule has 0 saturated heterocycles. The van der Waals surface area contributed by atoms with Gasteiger partial charge in [0, 0.05) is 11.1 Å². The van der Waals surface area contributed by atoms with E-state index in [1.807, 2.05) is 0 Å². The van der Waals surface area contributed by atoms with Crippen LogP contribution in [0.4, 0.5) is 28.4 Å². The number of aryl methyl sites for hydroxylation is 1. The molecule has 184 valence electrons. The fourth-order valence-electron chi connectivity index (χ4n) is 3.34. The van der Waals surface area contributed by atoms with Crippen LogP contribution in [0.1, 0.15) is 5.56 Å². The molecule has 4 aromatic rings. The minimum Gasteiger partial charge on any atom is -0.399 e. The molecule has 4 N–H and O–H groups in total. The van der Waals surface area contributed by atoms with Crippen molar-refractivity contribution < 1.29 is 25.9 Å². The molecule has 4 rings (SSSR count). The van der Waals surface area contributed by atoms with Gasteiger partial charge in [-0.1, -0.05) is 0 Å². The normalized spacial score (nSPS) is 12.6. The highest BCUT2D eigenvalue weighted by Gasteiger charge is 2.21. The summed E-state index contributed by atoms with van der Waals surface area (Å²) in [6.45, 7) is 1.60. The van der Waals surface area contributed by atoms with Crippen molar-refractivity contribution in [2.24, 2.45) is 20.5 Å². The second kappa shape index (κ2) is 9.54. The van der Waals surface area contributed by atoms with E-state index in [4.69, 9.17) is 5.73 Å². The van der Waals surface area contributed by atoms with Crippen molar-refractivity contribution in [3.05, 3.63) is 78.4 Å². The van der Waals surface area contributed by atoms with E-state index in [-0.39, 0.29) is 16.5 Å². The van der Waals surface area contributed by atoms with Crippen molar-refractivity contribution in [1.29, 1.82) is 0 Å². The zero-order chi connectivity index (χ0) is 26.1. The summed E-state index contributed by atoms with van der Waals surface area (Å²) in [4.78, 5) is -1.34. The van der Waals surface area contributed by atoms with Crippen LogP contribution in [0, 0.1) is 6.92 Å². The van der Waals surface area contributed by atoms with E-state index in [1.165, 1.54) is 6.07 Å². The predicted octanol–water partition coefficient (Wildman–Crippen LogP) is 6.05. The summed E-state index contributed by atoms with van der Waals surface area (Å²) in [6.07, 6.45) is 0. The summed E-state index contributed by atoms with van der Waals surface area (Å²) >= 11 is 0. The number of rotatable bonds is 6. The van der Waals surface area contributed by atoms with Crippen LogP contribution in [0.3, 0.4) is 0 Å². The molecule has 0 atom stereocenters. The first-order valence-corrected chi connectivity index (χ1v) is 13.1. The average molecular weight is 526 g/mol. The Bertz CT molecular complexity index is 1730. The molecule has 0 spiro atoms. The average Bonchev–Trinajstić information content (AvgIpc) is 2.81. The van der Waals surface area contributed by atoms with Gasteiger partial charge in [0.1, 0.15) is 4.90 Å². The maximum Gasteiger partial charge on any atom is 0.295 e. The van der Waals surface area contributed by atoms with Crippen LogP contribution in [0.2, 0.25) is 0 Å². The molecule has 0 aliphatic heterocycles. The van der Waals surface area contributed by atoms with Gasteiger partial charge in [-0.15, -0.1) is 0 Å². The lowest BCUT2D eigenvalue weighted by Gasteiger charge is -2.10. The Morgan fingerprint density at radius 1 is 0.611 bits per heavy atom. The van der Waals surface area contributed by atoms with Gasteiger partial charge >= 0.3 is 0 Å². The Morgan fingerprint density at radius 2 is 1.08 bits per heavy atom. The lowest BCUT2D eigenvalue weighted by molar-refractivity contribution is 0.482. The van der Waals surface area contributed by atoms with Crippen LogP contribution in [0.15, 0.2) is 103 Å². The minimum absolute atomic E-state index is 0.0253. The maximum atomic E-state index is 11.9. The van der Waals surface area contributed by atoms with E-state index >= 15 is 0 Å². The molecule has 0 fully saturated rings. The summed E-state index contributed by atoms with van der Waals surface area (Å²) in [7, 11) is -9.53. The van der Waals surface area contributed by atoms with Crippen LogP contribution in [0.25, 0.3) is 10.8 Å². The van der Waals surface area contributed by atoms with Crippen LogP contribution >= 0.6 is 0 Å². The zero-order valence-corrected chi connectivity index (χ0v) is 20.3. The Morgan fingerprint density at radius 3 is 1.56 bits per heavy atom. The molecule has 0 aliphatic rings. The minimum atomic E-state index is -4.82. The van der Waals surface area contributed by atoms with Crippen molar-refractivity contribution in [2.75, 3.05) is 5.73 Å². The van der Waals surface area contributed by atoms with E-state index in [0.29, 0.717) is 34.4 Å².